The van der Waals surface area contributed by atoms with Crippen molar-refractivity contribution >= 4 is 15.8 Å². The zero-order chi connectivity index (χ0) is 12.5. The van der Waals surface area contributed by atoms with Gasteiger partial charge in [0.25, 0.3) is 0 Å². The van der Waals surface area contributed by atoms with Crippen molar-refractivity contribution in [2.45, 2.75) is 37.4 Å². The maximum absolute atomic E-state index is 12.2. The molecule has 0 radical (unpaired) electrons. The van der Waals surface area contributed by atoms with Gasteiger partial charge in [0.1, 0.15) is 0 Å². The maximum Gasteiger partial charge on any atom is 0.303 e. The van der Waals surface area contributed by atoms with Gasteiger partial charge in [-0.1, -0.05) is 0 Å². The highest BCUT2D eigenvalue weighted by atomic mass is 32.2. The molecule has 0 unspecified atom stereocenters. The van der Waals surface area contributed by atoms with Crippen LogP contribution < -0.4 is 0 Å². The largest absolute Gasteiger partial charge is 0.481 e. The second-order valence-corrected chi connectivity index (χ2v) is 7.47. The first-order chi connectivity index (χ1) is 7.94. The van der Waals surface area contributed by atoms with Crippen LogP contribution in [0.1, 0.15) is 32.1 Å². The van der Waals surface area contributed by atoms with Gasteiger partial charge in [0.2, 0.25) is 0 Å². The predicted octanol–water partition coefficient (Wildman–Crippen LogP) is 0.835. The molecule has 1 aliphatic heterocycles. The Labute approximate surface area is 101 Å². The van der Waals surface area contributed by atoms with E-state index < -0.39 is 21.2 Å². The van der Waals surface area contributed by atoms with Crippen molar-refractivity contribution in [1.29, 1.82) is 0 Å². The fourth-order valence-corrected chi connectivity index (χ4v) is 4.84. The van der Waals surface area contributed by atoms with Crippen LogP contribution >= 0.6 is 0 Å². The predicted molar refractivity (Wildman–Crippen MR) is 61.5 cm³/mol. The number of carboxylic acid groups (broad SMARTS) is 1. The Morgan fingerprint density at radius 3 is 2.35 bits per heavy atom. The lowest BCUT2D eigenvalue weighted by Gasteiger charge is -2.24. The van der Waals surface area contributed by atoms with Crippen molar-refractivity contribution in [1.82, 2.24) is 0 Å². The van der Waals surface area contributed by atoms with Gasteiger partial charge < -0.3 is 9.84 Å². The second kappa shape index (κ2) is 4.57. The maximum atomic E-state index is 12.2. The summed E-state index contributed by atoms with van der Waals surface area (Å²) >= 11 is 0. The summed E-state index contributed by atoms with van der Waals surface area (Å²) in [6.07, 6.45) is 2.52. The number of ether oxygens (including phenoxy) is 1. The van der Waals surface area contributed by atoms with Crippen LogP contribution in [0, 0.1) is 5.41 Å². The van der Waals surface area contributed by atoms with E-state index in [1.165, 1.54) is 0 Å². The zero-order valence-corrected chi connectivity index (χ0v) is 10.5. The van der Waals surface area contributed by atoms with Crippen LogP contribution in [0.15, 0.2) is 0 Å². The Hall–Kier alpha value is -0.620. The molecule has 1 saturated heterocycles. The second-order valence-electron chi connectivity index (χ2n) is 5.19. The van der Waals surface area contributed by atoms with E-state index >= 15 is 0 Å². The summed E-state index contributed by atoms with van der Waals surface area (Å²) in [7, 11) is -3.17. The molecule has 1 aliphatic carbocycles. The van der Waals surface area contributed by atoms with Crippen LogP contribution in [0.5, 0.6) is 0 Å². The molecule has 2 aliphatic rings. The topological polar surface area (TPSA) is 80.7 Å². The minimum absolute atomic E-state index is 0.0184. The van der Waals surface area contributed by atoms with E-state index in [0.717, 1.165) is 12.8 Å². The molecule has 0 aromatic heterocycles. The van der Waals surface area contributed by atoms with E-state index in [9.17, 15) is 13.2 Å². The van der Waals surface area contributed by atoms with Crippen LogP contribution in [-0.2, 0) is 19.4 Å². The molecule has 0 amide bonds. The highest BCUT2D eigenvalue weighted by molar-refractivity contribution is 7.92. The Balaban J connectivity index is 1.99. The van der Waals surface area contributed by atoms with E-state index in [0.29, 0.717) is 26.1 Å². The Bertz CT molecular complexity index is 390. The molecule has 0 aromatic carbocycles. The summed E-state index contributed by atoms with van der Waals surface area (Å²) in [4.78, 5) is 10.7. The van der Waals surface area contributed by atoms with Crippen LogP contribution in [-0.4, -0.2) is 43.7 Å². The zero-order valence-electron chi connectivity index (χ0n) is 9.72. The molecular weight excluding hydrogens is 244 g/mol. The van der Waals surface area contributed by atoms with Gasteiger partial charge in [0.05, 0.1) is 17.4 Å². The third-order valence-corrected chi connectivity index (χ3v) is 6.17. The highest BCUT2D eigenvalue weighted by Crippen LogP contribution is 2.50. The number of sulfone groups is 1. The molecule has 0 spiro atoms. The van der Waals surface area contributed by atoms with Gasteiger partial charge in [-0.2, -0.15) is 0 Å². The first-order valence-corrected chi connectivity index (χ1v) is 7.66. The fourth-order valence-electron chi connectivity index (χ4n) is 2.45. The lowest BCUT2D eigenvalue weighted by Crippen LogP contribution is -2.34. The molecule has 0 aromatic rings. The average molecular weight is 262 g/mol. The molecule has 0 bridgehead atoms. The molecule has 2 fully saturated rings. The molecule has 1 N–H and O–H groups in total. The quantitative estimate of drug-likeness (QED) is 0.794. The summed E-state index contributed by atoms with van der Waals surface area (Å²) in [5.74, 6) is -0.860. The normalized spacial score (nSPS) is 24.5. The molecule has 6 heteroatoms. The van der Waals surface area contributed by atoms with Gasteiger partial charge in [-0.05, 0) is 31.1 Å². The minimum atomic E-state index is -3.17. The van der Waals surface area contributed by atoms with E-state index in [1.807, 2.05) is 0 Å². The van der Waals surface area contributed by atoms with Gasteiger partial charge in [-0.25, -0.2) is 8.42 Å². The van der Waals surface area contributed by atoms with E-state index in [4.69, 9.17) is 9.84 Å². The van der Waals surface area contributed by atoms with Crippen molar-refractivity contribution in [3.63, 3.8) is 0 Å². The summed E-state index contributed by atoms with van der Waals surface area (Å²) in [6.45, 7) is 0.992. The van der Waals surface area contributed by atoms with Gasteiger partial charge in [-0.3, -0.25) is 4.79 Å². The Morgan fingerprint density at radius 1 is 1.29 bits per heavy atom. The molecule has 17 heavy (non-hydrogen) atoms. The molecular formula is C11H18O5S. The molecule has 1 heterocycles. The number of carboxylic acids is 1. The Kier molecular flexibility index (Phi) is 3.45. The van der Waals surface area contributed by atoms with Gasteiger partial charge in [0, 0.05) is 13.2 Å². The Morgan fingerprint density at radius 2 is 1.88 bits per heavy atom. The molecule has 98 valence electrons. The third-order valence-electron chi connectivity index (χ3n) is 3.67. The van der Waals surface area contributed by atoms with Crippen molar-refractivity contribution in [3.8, 4) is 0 Å². The highest BCUT2D eigenvalue weighted by Gasteiger charge is 2.49. The molecule has 1 saturated carbocycles. The lowest BCUT2D eigenvalue weighted by molar-refractivity contribution is -0.138. The molecule has 5 nitrogen and oxygen atoms in total. The van der Waals surface area contributed by atoms with E-state index in [-0.39, 0.29) is 17.4 Å². The van der Waals surface area contributed by atoms with Crippen molar-refractivity contribution in [2.24, 2.45) is 5.41 Å². The van der Waals surface area contributed by atoms with Gasteiger partial charge in [0.15, 0.2) is 9.84 Å². The monoisotopic (exact) mass is 262 g/mol. The number of hydrogen-bond donors (Lipinski definition) is 1. The average Bonchev–Trinajstić information content (AvgIpc) is 2.97. The number of carbonyl (C=O) groups is 1. The van der Waals surface area contributed by atoms with Gasteiger partial charge >= 0.3 is 5.97 Å². The molecule has 2 rings (SSSR count). The van der Waals surface area contributed by atoms with Crippen LogP contribution in [0.2, 0.25) is 0 Å². The fraction of sp³-hybridized carbons (Fsp3) is 0.909. The van der Waals surface area contributed by atoms with Crippen LogP contribution in [0.4, 0.5) is 0 Å². The summed E-state index contributed by atoms with van der Waals surface area (Å²) in [5.41, 5.74) is -0.469. The summed E-state index contributed by atoms with van der Waals surface area (Å²) < 4.78 is 29.5. The number of aliphatic carboxylic acids is 1. The van der Waals surface area contributed by atoms with Crippen LogP contribution in [0.3, 0.4) is 0 Å². The first kappa shape index (κ1) is 12.8. The standard InChI is InChI=1S/C11H18O5S/c12-10(13)7-11(3-4-11)8-17(14,15)9-1-5-16-6-2-9/h9H,1-8H2,(H,12,13). The SMILES string of the molecule is O=C(O)CC1(CS(=O)(=O)C2CCOCC2)CC1. The number of hydrogen-bond acceptors (Lipinski definition) is 4. The third kappa shape index (κ3) is 3.19. The van der Waals surface area contributed by atoms with Crippen molar-refractivity contribution in [3.05, 3.63) is 0 Å². The van der Waals surface area contributed by atoms with E-state index in [1.54, 1.807) is 0 Å². The first-order valence-electron chi connectivity index (χ1n) is 5.95. The lowest BCUT2D eigenvalue weighted by atomic mass is 10.1. The number of rotatable bonds is 5. The summed E-state index contributed by atoms with van der Waals surface area (Å²) in [5, 5.41) is 8.45. The smallest absolute Gasteiger partial charge is 0.303 e. The minimum Gasteiger partial charge on any atom is -0.481 e. The van der Waals surface area contributed by atoms with E-state index in [2.05, 4.69) is 0 Å². The van der Waals surface area contributed by atoms with Crippen LogP contribution in [0.25, 0.3) is 0 Å². The van der Waals surface area contributed by atoms with Crippen molar-refractivity contribution in [2.75, 3.05) is 19.0 Å². The van der Waals surface area contributed by atoms with Crippen molar-refractivity contribution < 1.29 is 23.1 Å². The van der Waals surface area contributed by atoms with Gasteiger partial charge in [-0.15, -0.1) is 0 Å². The summed E-state index contributed by atoms with van der Waals surface area (Å²) in [6, 6.07) is 0. The molecule has 0 atom stereocenters.